The summed E-state index contributed by atoms with van der Waals surface area (Å²) in [7, 11) is 0. The number of benzene rings is 2. The van der Waals surface area contributed by atoms with Gasteiger partial charge in [0.2, 0.25) is 0 Å². The molecule has 88 valence electrons. The van der Waals surface area contributed by atoms with Gasteiger partial charge in [0.25, 0.3) is 0 Å². The van der Waals surface area contributed by atoms with Crippen molar-refractivity contribution in [2.45, 2.75) is 33.1 Å². The lowest BCUT2D eigenvalue weighted by atomic mass is 9.98. The van der Waals surface area contributed by atoms with Crippen molar-refractivity contribution in [3.05, 3.63) is 70.8 Å². The third-order valence-electron chi connectivity index (χ3n) is 3.18. The Labute approximate surface area is 104 Å². The van der Waals surface area contributed by atoms with E-state index in [1.165, 1.54) is 22.3 Å². The fourth-order valence-electron chi connectivity index (χ4n) is 2.18. The second-order valence-electron chi connectivity index (χ2n) is 4.53. The number of rotatable bonds is 4. The quantitative estimate of drug-likeness (QED) is 0.722. The van der Waals surface area contributed by atoms with E-state index in [4.69, 9.17) is 0 Å². The van der Waals surface area contributed by atoms with Crippen LogP contribution in [0.15, 0.2) is 48.5 Å². The normalized spacial score (nSPS) is 10.5. The van der Waals surface area contributed by atoms with Crippen LogP contribution in [0.2, 0.25) is 0 Å². The molecule has 0 saturated carbocycles. The first-order chi connectivity index (χ1) is 8.31. The van der Waals surface area contributed by atoms with E-state index in [0.717, 1.165) is 19.3 Å². The zero-order valence-corrected chi connectivity index (χ0v) is 10.7. The minimum Gasteiger partial charge on any atom is -0.0622 e. The predicted molar refractivity (Wildman–Crippen MR) is 74.4 cm³/mol. The molecule has 0 aromatic heterocycles. The summed E-state index contributed by atoms with van der Waals surface area (Å²) in [5.74, 6) is 0. The fraction of sp³-hybridized carbons (Fsp3) is 0.294. The van der Waals surface area contributed by atoms with Crippen molar-refractivity contribution in [3.8, 4) is 0 Å². The van der Waals surface area contributed by atoms with Crippen LogP contribution in [0.1, 0.15) is 36.1 Å². The smallest absolute Gasteiger partial charge is 0.00256 e. The van der Waals surface area contributed by atoms with Crippen LogP contribution in [0, 0.1) is 0 Å². The predicted octanol–water partition coefficient (Wildman–Crippen LogP) is 4.40. The van der Waals surface area contributed by atoms with E-state index < -0.39 is 0 Å². The molecule has 0 aliphatic rings. The first kappa shape index (κ1) is 11.9. The van der Waals surface area contributed by atoms with Gasteiger partial charge in [-0.3, -0.25) is 0 Å². The molecule has 17 heavy (non-hydrogen) atoms. The van der Waals surface area contributed by atoms with Gasteiger partial charge in [0.05, 0.1) is 0 Å². The van der Waals surface area contributed by atoms with Crippen molar-refractivity contribution in [1.82, 2.24) is 0 Å². The topological polar surface area (TPSA) is 0 Å². The first-order valence-corrected chi connectivity index (χ1v) is 6.47. The Kier molecular flexibility index (Phi) is 3.98. The lowest BCUT2D eigenvalue weighted by Crippen LogP contribution is -1.93. The van der Waals surface area contributed by atoms with Crippen LogP contribution >= 0.6 is 0 Å². The third kappa shape index (κ3) is 3.20. The number of hydrogen-bond acceptors (Lipinski definition) is 0. The molecule has 0 radical (unpaired) electrons. The maximum absolute atomic E-state index is 2.34. The van der Waals surface area contributed by atoms with E-state index in [2.05, 4.69) is 62.4 Å². The molecule has 2 aromatic rings. The summed E-state index contributed by atoms with van der Waals surface area (Å²) in [6.45, 7) is 4.45. The van der Waals surface area contributed by atoms with E-state index in [-0.39, 0.29) is 0 Å². The molecule has 2 rings (SSSR count). The van der Waals surface area contributed by atoms with Gasteiger partial charge < -0.3 is 0 Å². The summed E-state index contributed by atoms with van der Waals surface area (Å²) in [4.78, 5) is 0. The minimum absolute atomic E-state index is 1.04. The SMILES string of the molecule is CCc1cc(CC)cc(Cc2ccccc2)c1. The van der Waals surface area contributed by atoms with Crippen LogP contribution in [-0.2, 0) is 19.3 Å². The van der Waals surface area contributed by atoms with E-state index in [9.17, 15) is 0 Å². The Morgan fingerprint density at radius 3 is 1.71 bits per heavy atom. The van der Waals surface area contributed by atoms with Crippen molar-refractivity contribution in [3.63, 3.8) is 0 Å². The molecule has 0 unspecified atom stereocenters. The molecule has 0 aliphatic carbocycles. The molecule has 0 bridgehead atoms. The summed E-state index contributed by atoms with van der Waals surface area (Å²) in [5.41, 5.74) is 5.74. The van der Waals surface area contributed by atoms with E-state index in [1.807, 2.05) is 0 Å². The van der Waals surface area contributed by atoms with Crippen molar-refractivity contribution < 1.29 is 0 Å². The highest BCUT2D eigenvalue weighted by molar-refractivity contribution is 5.34. The van der Waals surface area contributed by atoms with Gasteiger partial charge in [0.1, 0.15) is 0 Å². The summed E-state index contributed by atoms with van der Waals surface area (Å²) in [6.07, 6.45) is 3.28. The van der Waals surface area contributed by atoms with Gasteiger partial charge in [-0.2, -0.15) is 0 Å². The largest absolute Gasteiger partial charge is 0.0622 e. The van der Waals surface area contributed by atoms with E-state index in [0.29, 0.717) is 0 Å². The highest BCUT2D eigenvalue weighted by Crippen LogP contribution is 2.15. The van der Waals surface area contributed by atoms with Crippen LogP contribution in [-0.4, -0.2) is 0 Å². The van der Waals surface area contributed by atoms with Gasteiger partial charge in [0, 0.05) is 0 Å². The maximum atomic E-state index is 2.34. The highest BCUT2D eigenvalue weighted by atomic mass is 14.1. The third-order valence-corrected chi connectivity index (χ3v) is 3.18. The van der Waals surface area contributed by atoms with Gasteiger partial charge in [-0.25, -0.2) is 0 Å². The molecule has 0 atom stereocenters. The average Bonchev–Trinajstić information content (AvgIpc) is 2.39. The average molecular weight is 224 g/mol. The number of aryl methyl sites for hydroxylation is 2. The monoisotopic (exact) mass is 224 g/mol. The molecule has 0 heteroatoms. The lowest BCUT2D eigenvalue weighted by Gasteiger charge is -2.08. The zero-order valence-electron chi connectivity index (χ0n) is 10.7. The van der Waals surface area contributed by atoms with Crippen LogP contribution in [0.3, 0.4) is 0 Å². The molecular formula is C17H20. The van der Waals surface area contributed by atoms with Crippen molar-refractivity contribution in [2.75, 3.05) is 0 Å². The Morgan fingerprint density at radius 2 is 1.18 bits per heavy atom. The Bertz CT molecular complexity index is 446. The van der Waals surface area contributed by atoms with Gasteiger partial charge in [0.15, 0.2) is 0 Å². The summed E-state index contributed by atoms with van der Waals surface area (Å²) in [6, 6.07) is 17.7. The van der Waals surface area contributed by atoms with Crippen LogP contribution < -0.4 is 0 Å². The number of hydrogen-bond donors (Lipinski definition) is 0. The minimum atomic E-state index is 1.04. The Hall–Kier alpha value is -1.56. The van der Waals surface area contributed by atoms with Crippen LogP contribution in [0.25, 0.3) is 0 Å². The molecule has 0 fully saturated rings. The molecule has 0 amide bonds. The van der Waals surface area contributed by atoms with Crippen LogP contribution in [0.4, 0.5) is 0 Å². The molecular weight excluding hydrogens is 204 g/mol. The lowest BCUT2D eigenvalue weighted by molar-refractivity contribution is 1.06. The summed E-state index contributed by atoms with van der Waals surface area (Å²) in [5, 5.41) is 0. The van der Waals surface area contributed by atoms with Crippen molar-refractivity contribution in [1.29, 1.82) is 0 Å². The van der Waals surface area contributed by atoms with Crippen molar-refractivity contribution >= 4 is 0 Å². The molecule has 0 heterocycles. The van der Waals surface area contributed by atoms with Gasteiger partial charge in [-0.1, -0.05) is 62.4 Å². The molecule has 0 spiro atoms. The van der Waals surface area contributed by atoms with Gasteiger partial charge in [-0.05, 0) is 41.5 Å². The molecule has 0 N–H and O–H groups in total. The van der Waals surface area contributed by atoms with Gasteiger partial charge in [-0.15, -0.1) is 0 Å². The zero-order chi connectivity index (χ0) is 12.1. The standard InChI is InChI=1S/C17H20/c1-3-14-10-15(4-2)12-17(11-14)13-16-8-6-5-7-9-16/h5-12H,3-4,13H2,1-2H3. The highest BCUT2D eigenvalue weighted by Gasteiger charge is 2.00. The summed E-state index contributed by atoms with van der Waals surface area (Å²) >= 11 is 0. The fourth-order valence-corrected chi connectivity index (χ4v) is 2.18. The second kappa shape index (κ2) is 5.67. The Balaban J connectivity index is 2.26. The first-order valence-electron chi connectivity index (χ1n) is 6.47. The molecule has 0 nitrogen and oxygen atoms in total. The molecule has 2 aromatic carbocycles. The van der Waals surface area contributed by atoms with Gasteiger partial charge >= 0.3 is 0 Å². The molecule has 0 saturated heterocycles. The van der Waals surface area contributed by atoms with E-state index in [1.54, 1.807) is 0 Å². The van der Waals surface area contributed by atoms with Crippen molar-refractivity contribution in [2.24, 2.45) is 0 Å². The maximum Gasteiger partial charge on any atom is -0.00256 e. The van der Waals surface area contributed by atoms with Crippen LogP contribution in [0.5, 0.6) is 0 Å². The molecule has 0 aliphatic heterocycles. The Morgan fingerprint density at radius 1 is 0.647 bits per heavy atom. The second-order valence-corrected chi connectivity index (χ2v) is 4.53. The van der Waals surface area contributed by atoms with E-state index >= 15 is 0 Å². The summed E-state index contributed by atoms with van der Waals surface area (Å²) < 4.78 is 0.